The molecule has 4 fully saturated rings. The molecule has 1 spiro atoms. The summed E-state index contributed by atoms with van der Waals surface area (Å²) in [5.74, 6) is -1.91. The van der Waals surface area contributed by atoms with Crippen LogP contribution >= 0.6 is 11.6 Å². The van der Waals surface area contributed by atoms with E-state index in [4.69, 9.17) is 11.6 Å². The second-order valence-corrected chi connectivity index (χ2v) is 16.8. The van der Waals surface area contributed by atoms with Crippen LogP contribution in [0.5, 0.6) is 0 Å². The minimum absolute atomic E-state index is 0.0515. The lowest BCUT2D eigenvalue weighted by Gasteiger charge is -2.40. The van der Waals surface area contributed by atoms with Crippen molar-refractivity contribution in [2.75, 3.05) is 49.1 Å². The maximum absolute atomic E-state index is 13.6. The number of halogens is 1. The molecule has 288 valence electrons. The number of likely N-dealkylation sites (tertiary alicyclic amines) is 1. The van der Waals surface area contributed by atoms with E-state index in [1.807, 2.05) is 36.1 Å². The number of nitrogens with zero attached hydrogens (tertiary/aromatic N) is 6. The summed E-state index contributed by atoms with van der Waals surface area (Å²) in [7, 11) is 0. The highest BCUT2D eigenvalue weighted by Gasteiger charge is 2.46. The SMILES string of the molecule is Cc1c(N2CCC3(CCN(c4ccc(C(=O)N5CCC(N6Cc7cc8c(cc7C6)C(=O)N(C6CCC(=O)NC6=O)C8=O)CC5)cc4)CC3)C2)ccc(C#N)c1Cl. The number of nitrogens with one attached hydrogen (secondary N) is 1. The third-order valence-electron chi connectivity index (χ3n) is 13.3. The van der Waals surface area contributed by atoms with E-state index < -0.39 is 29.7 Å². The van der Waals surface area contributed by atoms with Gasteiger partial charge in [-0.2, -0.15) is 5.26 Å². The van der Waals surface area contributed by atoms with E-state index in [0.717, 1.165) is 91.2 Å². The van der Waals surface area contributed by atoms with Gasteiger partial charge in [0.25, 0.3) is 17.7 Å². The van der Waals surface area contributed by atoms with Crippen molar-refractivity contribution in [3.05, 3.63) is 92.5 Å². The van der Waals surface area contributed by atoms with E-state index >= 15 is 0 Å². The first-order chi connectivity index (χ1) is 27.0. The van der Waals surface area contributed by atoms with Gasteiger partial charge in [-0.15, -0.1) is 0 Å². The molecule has 0 aliphatic carbocycles. The molecule has 0 bridgehead atoms. The molecule has 12 nitrogen and oxygen atoms in total. The third kappa shape index (κ3) is 6.21. The molecule has 56 heavy (non-hydrogen) atoms. The minimum Gasteiger partial charge on any atom is -0.371 e. The Morgan fingerprint density at radius 1 is 0.839 bits per heavy atom. The van der Waals surface area contributed by atoms with Crippen molar-refractivity contribution in [2.24, 2.45) is 5.41 Å². The standard InChI is InChI=1S/C43H44ClN7O5/c1-26-35(7-4-28(22-45)38(26)44)49-19-14-43(25-49)12-17-47(18-13-43)31-5-2-27(3-6-31)40(54)48-15-10-32(11-16-48)50-23-29-20-33-34(21-30(29)24-50)42(56)51(41(33)55)36-8-9-37(52)46-39(36)53/h2-7,20-21,32,36H,8-19,23-25H2,1H3,(H,46,52,53). The first-order valence-electron chi connectivity index (χ1n) is 19.7. The molecule has 0 saturated carbocycles. The van der Waals surface area contributed by atoms with E-state index in [1.165, 1.54) is 0 Å². The molecule has 0 radical (unpaired) electrons. The fraction of sp³-hybridized carbons (Fsp3) is 0.442. The van der Waals surface area contributed by atoms with Gasteiger partial charge in [0.15, 0.2) is 0 Å². The van der Waals surface area contributed by atoms with E-state index in [9.17, 15) is 29.2 Å². The normalized spacial score (nSPS) is 22.5. The fourth-order valence-corrected chi connectivity index (χ4v) is 10.2. The number of rotatable bonds is 5. The van der Waals surface area contributed by atoms with Crippen LogP contribution in [-0.4, -0.2) is 95.6 Å². The summed E-state index contributed by atoms with van der Waals surface area (Å²) in [5.41, 5.74) is 7.38. The largest absolute Gasteiger partial charge is 0.371 e. The van der Waals surface area contributed by atoms with Crippen LogP contribution in [0.25, 0.3) is 0 Å². The van der Waals surface area contributed by atoms with Gasteiger partial charge in [-0.05, 0) is 116 Å². The van der Waals surface area contributed by atoms with Gasteiger partial charge in [0.05, 0.1) is 21.7 Å². The Labute approximate surface area is 330 Å². The second-order valence-electron chi connectivity index (χ2n) is 16.4. The molecule has 9 rings (SSSR count). The van der Waals surface area contributed by atoms with Crippen LogP contribution in [0.4, 0.5) is 11.4 Å². The number of nitriles is 1. The average molecular weight is 774 g/mol. The van der Waals surface area contributed by atoms with E-state index in [0.29, 0.717) is 53.5 Å². The number of fused-ring (bicyclic) bond motifs is 2. The van der Waals surface area contributed by atoms with Crippen LogP contribution in [-0.2, 0) is 22.7 Å². The summed E-state index contributed by atoms with van der Waals surface area (Å²) in [5, 5.41) is 12.1. The lowest BCUT2D eigenvalue weighted by Crippen LogP contribution is -2.54. The maximum atomic E-state index is 13.6. The number of benzene rings is 3. The van der Waals surface area contributed by atoms with Gasteiger partial charge in [-0.1, -0.05) is 11.6 Å². The van der Waals surface area contributed by atoms with Crippen LogP contribution in [0.2, 0.25) is 5.02 Å². The lowest BCUT2D eigenvalue weighted by molar-refractivity contribution is -0.136. The molecule has 0 aromatic heterocycles. The zero-order chi connectivity index (χ0) is 38.9. The Bertz CT molecular complexity index is 2170. The molecule has 6 heterocycles. The maximum Gasteiger partial charge on any atom is 0.262 e. The van der Waals surface area contributed by atoms with Gasteiger partial charge < -0.3 is 14.7 Å². The van der Waals surface area contributed by atoms with Crippen molar-refractivity contribution >= 4 is 52.5 Å². The predicted molar refractivity (Wildman–Crippen MR) is 209 cm³/mol. The minimum atomic E-state index is -0.974. The average Bonchev–Trinajstić information content (AvgIpc) is 3.89. The summed E-state index contributed by atoms with van der Waals surface area (Å²) in [6.45, 7) is 8.56. The predicted octanol–water partition coefficient (Wildman–Crippen LogP) is 5.04. The highest BCUT2D eigenvalue weighted by molar-refractivity contribution is 6.33. The number of carbonyl (C=O) groups is 5. The van der Waals surface area contributed by atoms with Crippen molar-refractivity contribution in [3.63, 3.8) is 0 Å². The Morgan fingerprint density at radius 3 is 2.07 bits per heavy atom. The summed E-state index contributed by atoms with van der Waals surface area (Å²) < 4.78 is 0. The number of amides is 5. The molecule has 4 saturated heterocycles. The highest BCUT2D eigenvalue weighted by atomic mass is 35.5. The number of imide groups is 2. The second kappa shape index (κ2) is 14.0. The van der Waals surface area contributed by atoms with Crippen LogP contribution in [0.15, 0.2) is 48.5 Å². The zero-order valence-electron chi connectivity index (χ0n) is 31.5. The Morgan fingerprint density at radius 2 is 1.46 bits per heavy atom. The molecule has 5 amide bonds. The molecule has 3 aromatic rings. The van der Waals surface area contributed by atoms with Crippen LogP contribution < -0.4 is 15.1 Å². The Hall–Kier alpha value is -5.25. The number of hydrogen-bond donors (Lipinski definition) is 1. The van der Waals surface area contributed by atoms with Crippen molar-refractivity contribution in [1.82, 2.24) is 20.0 Å². The van der Waals surface area contributed by atoms with Gasteiger partial charge >= 0.3 is 0 Å². The Kier molecular flexibility index (Phi) is 9.13. The topological polar surface area (TPSA) is 137 Å². The summed E-state index contributed by atoms with van der Waals surface area (Å²) in [4.78, 5) is 74.6. The van der Waals surface area contributed by atoms with E-state index in [-0.39, 0.29) is 30.2 Å². The number of anilines is 2. The summed E-state index contributed by atoms with van der Waals surface area (Å²) in [6.07, 6.45) is 5.25. The molecule has 1 unspecified atom stereocenters. The van der Waals surface area contributed by atoms with Gasteiger partial charge in [-0.25, -0.2) is 0 Å². The molecule has 1 N–H and O–H groups in total. The van der Waals surface area contributed by atoms with Gasteiger partial charge in [0.2, 0.25) is 11.8 Å². The van der Waals surface area contributed by atoms with Gasteiger partial charge in [-0.3, -0.25) is 39.1 Å². The molecular weight excluding hydrogens is 730 g/mol. The van der Waals surface area contributed by atoms with Crippen molar-refractivity contribution in [2.45, 2.75) is 77.0 Å². The third-order valence-corrected chi connectivity index (χ3v) is 13.8. The molecule has 13 heteroatoms. The summed E-state index contributed by atoms with van der Waals surface area (Å²) >= 11 is 6.49. The Balaban J connectivity index is 0.764. The molecule has 6 aliphatic rings. The molecule has 6 aliphatic heterocycles. The monoisotopic (exact) mass is 773 g/mol. The van der Waals surface area contributed by atoms with Crippen LogP contribution in [0.3, 0.4) is 0 Å². The van der Waals surface area contributed by atoms with E-state index in [1.54, 1.807) is 12.1 Å². The first kappa shape index (κ1) is 36.4. The highest BCUT2D eigenvalue weighted by Crippen LogP contribution is 2.44. The fourth-order valence-electron chi connectivity index (χ4n) is 9.98. The van der Waals surface area contributed by atoms with Gasteiger partial charge in [0, 0.05) is 81.8 Å². The number of carbonyl (C=O) groups excluding carboxylic acids is 5. The smallest absolute Gasteiger partial charge is 0.262 e. The molecular formula is C43H44ClN7O5. The summed E-state index contributed by atoms with van der Waals surface area (Å²) in [6, 6.07) is 17.0. The molecule has 3 aromatic carbocycles. The van der Waals surface area contributed by atoms with Crippen molar-refractivity contribution in [1.29, 1.82) is 5.26 Å². The van der Waals surface area contributed by atoms with Crippen molar-refractivity contribution in [3.8, 4) is 6.07 Å². The van der Waals surface area contributed by atoms with Crippen LogP contribution in [0.1, 0.15) is 98.3 Å². The number of hydrogen-bond acceptors (Lipinski definition) is 9. The number of piperidine rings is 3. The quantitative estimate of drug-likeness (QED) is 0.354. The van der Waals surface area contributed by atoms with Crippen LogP contribution in [0, 0.1) is 23.7 Å². The lowest BCUT2D eigenvalue weighted by atomic mass is 9.77. The van der Waals surface area contributed by atoms with E-state index in [2.05, 4.69) is 38.2 Å². The zero-order valence-corrected chi connectivity index (χ0v) is 32.2. The molecule has 1 atom stereocenters. The van der Waals surface area contributed by atoms with Gasteiger partial charge in [0.1, 0.15) is 12.1 Å². The first-order valence-corrected chi connectivity index (χ1v) is 20.1. The van der Waals surface area contributed by atoms with Crippen molar-refractivity contribution < 1.29 is 24.0 Å².